The third-order valence-corrected chi connectivity index (χ3v) is 4.89. The molecule has 0 aromatic heterocycles. The van der Waals surface area contributed by atoms with E-state index in [0.29, 0.717) is 13.1 Å². The summed E-state index contributed by atoms with van der Waals surface area (Å²) in [6.07, 6.45) is 2.81. The van der Waals surface area contributed by atoms with E-state index in [2.05, 4.69) is 0 Å². The van der Waals surface area contributed by atoms with Gasteiger partial charge in [0, 0.05) is 36.3 Å². The zero-order chi connectivity index (χ0) is 22.4. The molecule has 30 heavy (non-hydrogen) atoms. The van der Waals surface area contributed by atoms with E-state index < -0.39 is 0 Å². The van der Waals surface area contributed by atoms with Crippen molar-refractivity contribution in [2.75, 3.05) is 0 Å². The molecule has 2 aromatic rings. The predicted molar refractivity (Wildman–Crippen MR) is 123 cm³/mol. The first-order chi connectivity index (χ1) is 14.0. The van der Waals surface area contributed by atoms with Crippen LogP contribution >= 0.6 is 0 Å². The Balaban J connectivity index is 2.18. The summed E-state index contributed by atoms with van der Waals surface area (Å²) in [7, 11) is 0. The molecule has 0 bridgehead atoms. The zero-order valence-corrected chi connectivity index (χ0v) is 19.1. The molecule has 0 heterocycles. The van der Waals surface area contributed by atoms with Gasteiger partial charge in [0.05, 0.1) is 0 Å². The maximum atomic E-state index is 13.0. The fourth-order valence-corrected chi connectivity index (χ4v) is 3.15. The standard InChI is InChI=1S/C26H34N2O2/c1-25(2,3)27(19-21-13-9-7-10-14-21)23(29)17-18-24(30)28(26(4,5)6)20-22-15-11-8-12-16-22/h7-18H,19-20H2,1-6H3/b18-17+. The third-order valence-electron chi connectivity index (χ3n) is 4.89. The lowest BCUT2D eigenvalue weighted by Crippen LogP contribution is -2.45. The number of carbonyl (C=O) groups excluding carboxylic acids is 2. The van der Waals surface area contributed by atoms with Gasteiger partial charge in [-0.3, -0.25) is 9.59 Å². The van der Waals surface area contributed by atoms with Crippen molar-refractivity contribution in [3.8, 4) is 0 Å². The van der Waals surface area contributed by atoms with Crippen molar-refractivity contribution in [3.63, 3.8) is 0 Å². The Morgan fingerprint density at radius 3 is 1.20 bits per heavy atom. The maximum Gasteiger partial charge on any atom is 0.247 e. The van der Waals surface area contributed by atoms with Crippen LogP contribution in [0.15, 0.2) is 72.8 Å². The van der Waals surface area contributed by atoms with Crippen molar-refractivity contribution >= 4 is 11.8 Å². The van der Waals surface area contributed by atoms with Crippen LogP contribution in [0.5, 0.6) is 0 Å². The summed E-state index contributed by atoms with van der Waals surface area (Å²) in [5, 5.41) is 0. The lowest BCUT2D eigenvalue weighted by molar-refractivity contribution is -0.134. The van der Waals surface area contributed by atoms with Gasteiger partial charge in [0.25, 0.3) is 0 Å². The number of carbonyl (C=O) groups is 2. The number of rotatable bonds is 6. The van der Waals surface area contributed by atoms with Crippen molar-refractivity contribution in [1.29, 1.82) is 0 Å². The molecule has 0 saturated carbocycles. The van der Waals surface area contributed by atoms with E-state index >= 15 is 0 Å². The summed E-state index contributed by atoms with van der Waals surface area (Å²) in [6.45, 7) is 13.0. The van der Waals surface area contributed by atoms with Crippen LogP contribution in [0, 0.1) is 0 Å². The highest BCUT2D eigenvalue weighted by Crippen LogP contribution is 2.20. The van der Waals surface area contributed by atoms with Crippen LogP contribution in [0.3, 0.4) is 0 Å². The minimum atomic E-state index is -0.367. The van der Waals surface area contributed by atoms with E-state index in [-0.39, 0.29) is 22.9 Å². The van der Waals surface area contributed by atoms with Gasteiger partial charge in [0.1, 0.15) is 0 Å². The minimum absolute atomic E-state index is 0.173. The van der Waals surface area contributed by atoms with Gasteiger partial charge in [-0.2, -0.15) is 0 Å². The smallest absolute Gasteiger partial charge is 0.247 e. The molecule has 0 N–H and O–H groups in total. The number of amides is 2. The van der Waals surface area contributed by atoms with Crippen LogP contribution in [0.1, 0.15) is 52.7 Å². The average Bonchev–Trinajstić information content (AvgIpc) is 2.68. The summed E-state index contributed by atoms with van der Waals surface area (Å²) in [6, 6.07) is 19.8. The third kappa shape index (κ3) is 6.87. The summed E-state index contributed by atoms with van der Waals surface area (Å²) in [5.74, 6) is -0.346. The van der Waals surface area contributed by atoms with Crippen LogP contribution < -0.4 is 0 Å². The first-order valence-electron chi connectivity index (χ1n) is 10.4. The first kappa shape index (κ1) is 23.4. The molecule has 4 heteroatoms. The van der Waals surface area contributed by atoms with Gasteiger partial charge in [-0.25, -0.2) is 0 Å². The normalized spacial score (nSPS) is 12.1. The molecule has 0 unspecified atom stereocenters. The summed E-state index contributed by atoms with van der Waals surface area (Å²) < 4.78 is 0. The van der Waals surface area contributed by atoms with Gasteiger partial charge in [0.2, 0.25) is 11.8 Å². The van der Waals surface area contributed by atoms with E-state index in [1.165, 1.54) is 12.2 Å². The molecular formula is C26H34N2O2. The Kier molecular flexibility index (Phi) is 7.60. The monoisotopic (exact) mass is 406 g/mol. The van der Waals surface area contributed by atoms with Gasteiger partial charge in [-0.15, -0.1) is 0 Å². The fourth-order valence-electron chi connectivity index (χ4n) is 3.15. The molecule has 2 amide bonds. The minimum Gasteiger partial charge on any atom is -0.330 e. The van der Waals surface area contributed by atoms with Gasteiger partial charge in [-0.05, 0) is 52.7 Å². The second kappa shape index (κ2) is 9.75. The number of benzene rings is 2. The highest BCUT2D eigenvalue weighted by molar-refractivity contribution is 5.97. The van der Waals surface area contributed by atoms with Crippen LogP contribution in [-0.4, -0.2) is 32.7 Å². The van der Waals surface area contributed by atoms with Gasteiger partial charge in [-0.1, -0.05) is 60.7 Å². The number of nitrogens with zero attached hydrogens (tertiary/aromatic N) is 2. The van der Waals surface area contributed by atoms with E-state index in [1.807, 2.05) is 102 Å². The molecule has 0 spiro atoms. The lowest BCUT2D eigenvalue weighted by Gasteiger charge is -2.36. The Morgan fingerprint density at radius 2 is 0.933 bits per heavy atom. The van der Waals surface area contributed by atoms with Crippen molar-refractivity contribution in [2.24, 2.45) is 0 Å². The molecule has 2 rings (SSSR count). The summed E-state index contributed by atoms with van der Waals surface area (Å²) in [4.78, 5) is 29.6. The second-order valence-electron chi connectivity index (χ2n) is 9.49. The number of hydrogen-bond donors (Lipinski definition) is 0. The van der Waals surface area contributed by atoms with Crippen LogP contribution in [0.2, 0.25) is 0 Å². The molecule has 0 saturated heterocycles. The Hall–Kier alpha value is -2.88. The lowest BCUT2D eigenvalue weighted by atomic mass is 10.0. The highest BCUT2D eigenvalue weighted by Gasteiger charge is 2.27. The molecule has 160 valence electrons. The van der Waals surface area contributed by atoms with Gasteiger partial charge >= 0.3 is 0 Å². The van der Waals surface area contributed by atoms with Gasteiger partial charge in [0.15, 0.2) is 0 Å². The molecule has 2 aromatic carbocycles. The summed E-state index contributed by atoms with van der Waals surface area (Å²) in [5.41, 5.74) is 1.38. The van der Waals surface area contributed by atoms with Crippen molar-refractivity contribution < 1.29 is 9.59 Å². The Labute approximate surface area is 181 Å². The second-order valence-corrected chi connectivity index (χ2v) is 9.49. The van der Waals surface area contributed by atoms with Crippen LogP contribution in [0.4, 0.5) is 0 Å². The van der Waals surface area contributed by atoms with Crippen LogP contribution in [-0.2, 0) is 22.7 Å². The summed E-state index contributed by atoms with van der Waals surface area (Å²) >= 11 is 0. The number of hydrogen-bond acceptors (Lipinski definition) is 2. The van der Waals surface area contributed by atoms with E-state index in [0.717, 1.165) is 11.1 Å². The molecule has 0 atom stereocenters. The van der Waals surface area contributed by atoms with Crippen molar-refractivity contribution in [2.45, 2.75) is 65.7 Å². The predicted octanol–water partition coefficient (Wildman–Crippen LogP) is 5.20. The molecule has 4 nitrogen and oxygen atoms in total. The zero-order valence-electron chi connectivity index (χ0n) is 19.1. The topological polar surface area (TPSA) is 40.6 Å². The quantitative estimate of drug-likeness (QED) is 0.619. The Morgan fingerprint density at radius 1 is 0.633 bits per heavy atom. The Bertz CT molecular complexity index is 786. The molecule has 0 aliphatic carbocycles. The fraction of sp³-hybridized carbons (Fsp3) is 0.385. The average molecular weight is 407 g/mol. The van der Waals surface area contributed by atoms with Crippen molar-refractivity contribution in [3.05, 3.63) is 83.9 Å². The van der Waals surface area contributed by atoms with Gasteiger partial charge < -0.3 is 9.80 Å². The van der Waals surface area contributed by atoms with E-state index in [9.17, 15) is 9.59 Å². The molecular weight excluding hydrogens is 372 g/mol. The SMILES string of the molecule is CC(C)(C)N(Cc1ccccc1)C(=O)/C=C/C(=O)N(Cc1ccccc1)C(C)(C)C. The molecule has 0 aliphatic heterocycles. The molecule has 0 fully saturated rings. The molecule has 0 aliphatic rings. The maximum absolute atomic E-state index is 13.0. The first-order valence-corrected chi connectivity index (χ1v) is 10.4. The van der Waals surface area contributed by atoms with Crippen molar-refractivity contribution in [1.82, 2.24) is 9.80 Å². The highest BCUT2D eigenvalue weighted by atomic mass is 16.2. The van der Waals surface area contributed by atoms with Crippen LogP contribution in [0.25, 0.3) is 0 Å². The largest absolute Gasteiger partial charge is 0.330 e. The van der Waals surface area contributed by atoms with E-state index in [4.69, 9.17) is 0 Å². The molecule has 0 radical (unpaired) electrons. The van der Waals surface area contributed by atoms with E-state index in [1.54, 1.807) is 9.80 Å².